The topological polar surface area (TPSA) is 57.6 Å². The maximum Gasteiger partial charge on any atom is 0.323 e. The first kappa shape index (κ1) is 14.8. The van der Waals surface area contributed by atoms with Crippen molar-refractivity contribution < 1.29 is 14.7 Å². The number of carboxylic acid groups (broad SMARTS) is 1. The van der Waals surface area contributed by atoms with Crippen molar-refractivity contribution in [3.8, 4) is 0 Å². The van der Waals surface area contributed by atoms with E-state index in [1.54, 1.807) is 23.5 Å². The van der Waals surface area contributed by atoms with Crippen molar-refractivity contribution in [3.05, 3.63) is 52.2 Å². The number of hydrogen-bond donors (Lipinski definition) is 1. The average Bonchev–Trinajstić information content (AvgIpc) is 3.19. The molecular weight excluding hydrogens is 298 g/mol. The standard InChI is InChI=1S/C17H17NO3S/c1-11-7-8-22-16(11)13-9-14(13)17(21)18(10-15(19)20)12-5-3-2-4-6-12/h2-8,13-14H,9-10H2,1H3,(H,19,20). The zero-order chi connectivity index (χ0) is 15.7. The Morgan fingerprint density at radius 2 is 2.00 bits per heavy atom. The first-order valence-electron chi connectivity index (χ1n) is 7.20. The van der Waals surface area contributed by atoms with Gasteiger partial charge in [0.15, 0.2) is 0 Å². The van der Waals surface area contributed by atoms with Crippen LogP contribution in [0.15, 0.2) is 41.8 Å². The molecule has 22 heavy (non-hydrogen) atoms. The molecule has 2 atom stereocenters. The maximum absolute atomic E-state index is 12.7. The number of aryl methyl sites for hydroxylation is 1. The Labute approximate surface area is 133 Å². The van der Waals surface area contributed by atoms with Crippen LogP contribution in [0.2, 0.25) is 0 Å². The summed E-state index contributed by atoms with van der Waals surface area (Å²) in [6.07, 6.45) is 0.809. The number of nitrogens with zero attached hydrogens (tertiary/aromatic N) is 1. The SMILES string of the molecule is Cc1ccsc1C1CC1C(=O)N(CC(=O)O)c1ccccc1. The van der Waals surface area contributed by atoms with Crippen LogP contribution >= 0.6 is 11.3 Å². The maximum atomic E-state index is 12.7. The highest BCUT2D eigenvalue weighted by atomic mass is 32.1. The number of amides is 1. The number of carbonyl (C=O) groups excluding carboxylic acids is 1. The van der Waals surface area contributed by atoms with E-state index in [4.69, 9.17) is 5.11 Å². The Morgan fingerprint density at radius 1 is 1.27 bits per heavy atom. The van der Waals surface area contributed by atoms with Crippen molar-refractivity contribution in [2.24, 2.45) is 5.92 Å². The molecule has 114 valence electrons. The van der Waals surface area contributed by atoms with Gasteiger partial charge in [0, 0.05) is 22.4 Å². The third-order valence-electron chi connectivity index (χ3n) is 3.97. The van der Waals surface area contributed by atoms with Crippen LogP contribution in [0.4, 0.5) is 5.69 Å². The van der Waals surface area contributed by atoms with Gasteiger partial charge < -0.3 is 10.0 Å². The van der Waals surface area contributed by atoms with Crippen LogP contribution in [0.25, 0.3) is 0 Å². The molecule has 0 saturated heterocycles. The van der Waals surface area contributed by atoms with E-state index in [0.29, 0.717) is 5.69 Å². The van der Waals surface area contributed by atoms with Crippen LogP contribution in [-0.4, -0.2) is 23.5 Å². The summed E-state index contributed by atoms with van der Waals surface area (Å²) in [4.78, 5) is 26.5. The lowest BCUT2D eigenvalue weighted by molar-refractivity contribution is -0.136. The second kappa shape index (κ2) is 5.93. The van der Waals surface area contributed by atoms with E-state index in [-0.39, 0.29) is 24.3 Å². The van der Waals surface area contributed by atoms with E-state index >= 15 is 0 Å². The number of anilines is 1. The molecule has 1 N–H and O–H groups in total. The molecule has 1 aromatic heterocycles. The van der Waals surface area contributed by atoms with Gasteiger partial charge in [-0.05, 0) is 42.5 Å². The molecule has 1 aromatic carbocycles. The van der Waals surface area contributed by atoms with Gasteiger partial charge in [-0.1, -0.05) is 18.2 Å². The normalized spacial score (nSPS) is 19.7. The lowest BCUT2D eigenvalue weighted by Gasteiger charge is -2.21. The van der Waals surface area contributed by atoms with E-state index in [2.05, 4.69) is 13.0 Å². The van der Waals surface area contributed by atoms with Crippen molar-refractivity contribution in [2.45, 2.75) is 19.3 Å². The Bertz CT molecular complexity index is 695. The smallest absolute Gasteiger partial charge is 0.323 e. The lowest BCUT2D eigenvalue weighted by atomic mass is 10.1. The molecule has 4 nitrogen and oxygen atoms in total. The summed E-state index contributed by atoms with van der Waals surface area (Å²) in [7, 11) is 0. The average molecular weight is 315 g/mol. The Balaban J connectivity index is 1.79. The van der Waals surface area contributed by atoms with Gasteiger partial charge in [-0.3, -0.25) is 9.59 Å². The molecule has 0 spiro atoms. The van der Waals surface area contributed by atoms with Gasteiger partial charge in [0.25, 0.3) is 0 Å². The number of benzene rings is 1. The van der Waals surface area contributed by atoms with Crippen LogP contribution in [0.5, 0.6) is 0 Å². The van der Waals surface area contributed by atoms with Crippen molar-refractivity contribution in [3.63, 3.8) is 0 Å². The summed E-state index contributed by atoms with van der Waals surface area (Å²) in [5, 5.41) is 11.1. The molecule has 0 bridgehead atoms. The number of aliphatic carboxylic acids is 1. The molecule has 0 radical (unpaired) electrons. The molecule has 5 heteroatoms. The van der Waals surface area contributed by atoms with Gasteiger partial charge in [-0.2, -0.15) is 0 Å². The number of thiophene rings is 1. The van der Waals surface area contributed by atoms with Gasteiger partial charge in [0.2, 0.25) is 5.91 Å². The molecule has 1 aliphatic rings. The van der Waals surface area contributed by atoms with E-state index in [0.717, 1.165) is 6.42 Å². The fourth-order valence-corrected chi connectivity index (χ4v) is 3.87. The zero-order valence-electron chi connectivity index (χ0n) is 12.2. The molecule has 0 aliphatic heterocycles. The summed E-state index contributed by atoms with van der Waals surface area (Å²) < 4.78 is 0. The Kier molecular flexibility index (Phi) is 3.98. The zero-order valence-corrected chi connectivity index (χ0v) is 13.0. The van der Waals surface area contributed by atoms with Crippen LogP contribution in [0.3, 0.4) is 0 Å². The fourth-order valence-electron chi connectivity index (χ4n) is 2.76. The van der Waals surface area contributed by atoms with Gasteiger partial charge in [-0.15, -0.1) is 11.3 Å². The number of hydrogen-bond acceptors (Lipinski definition) is 3. The predicted octanol–water partition coefficient (Wildman–Crippen LogP) is 3.28. The first-order chi connectivity index (χ1) is 10.6. The third-order valence-corrected chi connectivity index (χ3v) is 5.12. The predicted molar refractivity (Wildman–Crippen MR) is 86.3 cm³/mol. The summed E-state index contributed by atoms with van der Waals surface area (Å²) in [6, 6.07) is 11.1. The monoisotopic (exact) mass is 315 g/mol. The molecule has 1 saturated carbocycles. The second-order valence-corrected chi connectivity index (χ2v) is 6.52. The number of carbonyl (C=O) groups is 2. The molecule has 2 unspecified atom stereocenters. The number of carboxylic acids is 1. The molecule has 1 amide bonds. The largest absolute Gasteiger partial charge is 0.480 e. The van der Waals surface area contributed by atoms with E-state index in [1.807, 2.05) is 23.6 Å². The number of para-hydroxylation sites is 1. The molecule has 1 heterocycles. The van der Waals surface area contributed by atoms with Crippen LogP contribution in [-0.2, 0) is 9.59 Å². The van der Waals surface area contributed by atoms with Crippen LogP contribution < -0.4 is 4.90 Å². The molecule has 1 fully saturated rings. The lowest BCUT2D eigenvalue weighted by Crippen LogP contribution is -2.37. The third kappa shape index (κ3) is 2.90. The van der Waals surface area contributed by atoms with Crippen LogP contribution in [0, 0.1) is 12.8 Å². The summed E-state index contributed by atoms with van der Waals surface area (Å²) in [5.41, 5.74) is 1.86. The van der Waals surface area contributed by atoms with Gasteiger partial charge in [-0.25, -0.2) is 0 Å². The quantitative estimate of drug-likeness (QED) is 0.921. The summed E-state index contributed by atoms with van der Waals surface area (Å²) in [5.74, 6) is -0.947. The minimum atomic E-state index is -0.998. The second-order valence-electron chi connectivity index (χ2n) is 5.57. The van der Waals surface area contributed by atoms with E-state index < -0.39 is 5.97 Å². The highest BCUT2D eigenvalue weighted by Gasteiger charge is 2.47. The molecule has 2 aromatic rings. The minimum Gasteiger partial charge on any atom is -0.480 e. The molecular formula is C17H17NO3S. The van der Waals surface area contributed by atoms with Gasteiger partial charge in [0.05, 0.1) is 0 Å². The van der Waals surface area contributed by atoms with Crippen molar-refractivity contribution in [2.75, 3.05) is 11.4 Å². The minimum absolute atomic E-state index is 0.0913. The number of rotatable bonds is 5. The summed E-state index contributed by atoms with van der Waals surface area (Å²) in [6.45, 7) is 1.76. The Morgan fingerprint density at radius 3 is 2.59 bits per heavy atom. The van der Waals surface area contributed by atoms with Crippen LogP contribution in [0.1, 0.15) is 22.8 Å². The van der Waals surface area contributed by atoms with Gasteiger partial charge in [0.1, 0.15) is 6.54 Å². The molecule has 1 aliphatic carbocycles. The summed E-state index contributed by atoms with van der Waals surface area (Å²) >= 11 is 1.68. The van der Waals surface area contributed by atoms with Crippen molar-refractivity contribution >= 4 is 28.9 Å². The highest BCUT2D eigenvalue weighted by Crippen LogP contribution is 2.51. The molecule has 3 rings (SSSR count). The highest BCUT2D eigenvalue weighted by molar-refractivity contribution is 7.10. The van der Waals surface area contributed by atoms with E-state index in [1.165, 1.54) is 15.3 Å². The van der Waals surface area contributed by atoms with Crippen molar-refractivity contribution in [1.29, 1.82) is 0 Å². The van der Waals surface area contributed by atoms with Gasteiger partial charge >= 0.3 is 5.97 Å². The fraction of sp³-hybridized carbons (Fsp3) is 0.294. The Hall–Kier alpha value is -2.14. The first-order valence-corrected chi connectivity index (χ1v) is 8.08. The van der Waals surface area contributed by atoms with Crippen molar-refractivity contribution in [1.82, 2.24) is 0 Å². The van der Waals surface area contributed by atoms with E-state index in [9.17, 15) is 9.59 Å².